The summed E-state index contributed by atoms with van der Waals surface area (Å²) < 4.78 is 1.50. The lowest BCUT2D eigenvalue weighted by atomic mass is 10.2. The van der Waals surface area contributed by atoms with E-state index in [1.54, 1.807) is 37.6 Å². The minimum absolute atomic E-state index is 0.121. The number of halogens is 1. The van der Waals surface area contributed by atoms with Crippen LogP contribution in [0, 0.1) is 0 Å². The predicted molar refractivity (Wildman–Crippen MR) is 102 cm³/mol. The van der Waals surface area contributed by atoms with Gasteiger partial charge in [0.1, 0.15) is 17.3 Å². The highest BCUT2D eigenvalue weighted by atomic mass is 35.5. The summed E-state index contributed by atoms with van der Waals surface area (Å²) in [6, 6.07) is 6.90. The number of nitrogens with one attached hydrogen (secondary N) is 3. The number of carbonyl (C=O) groups excluding carboxylic acids is 1. The lowest BCUT2D eigenvalue weighted by molar-refractivity contribution is -0.121. The number of nitrogens with zero attached hydrogens (tertiary/aromatic N) is 4. The van der Waals surface area contributed by atoms with Gasteiger partial charge in [-0.15, -0.1) is 0 Å². The Hall–Kier alpha value is -3.33. The van der Waals surface area contributed by atoms with E-state index in [0.29, 0.717) is 29.0 Å². The molecule has 2 aromatic heterocycles. The van der Waals surface area contributed by atoms with Gasteiger partial charge in [0.25, 0.3) is 0 Å². The second-order valence-corrected chi connectivity index (χ2v) is 6.05. The third-order valence-electron chi connectivity index (χ3n) is 3.59. The Labute approximate surface area is 160 Å². The molecule has 1 aromatic carbocycles. The van der Waals surface area contributed by atoms with Crippen molar-refractivity contribution in [2.24, 2.45) is 0 Å². The highest BCUT2D eigenvalue weighted by Gasteiger charge is 2.08. The molecule has 0 bridgehead atoms. The van der Waals surface area contributed by atoms with Gasteiger partial charge in [-0.1, -0.05) is 23.7 Å². The van der Waals surface area contributed by atoms with Crippen LogP contribution in [0.2, 0.25) is 5.02 Å². The molecule has 1 amide bonds. The van der Waals surface area contributed by atoms with E-state index < -0.39 is 0 Å². The largest absolute Gasteiger partial charge is 0.508 e. The number of likely N-dealkylation sites (N-methyl/N-ethyl adjacent to an activating group) is 1. The van der Waals surface area contributed by atoms with Gasteiger partial charge >= 0.3 is 0 Å². The molecule has 0 fully saturated rings. The molecule has 27 heavy (non-hydrogen) atoms. The molecule has 4 N–H and O–H groups in total. The van der Waals surface area contributed by atoms with Crippen molar-refractivity contribution >= 4 is 35.0 Å². The zero-order chi connectivity index (χ0) is 19.2. The van der Waals surface area contributed by atoms with Crippen molar-refractivity contribution in [1.82, 2.24) is 25.1 Å². The lowest BCUT2D eigenvalue weighted by Gasteiger charge is -2.09. The first-order valence-corrected chi connectivity index (χ1v) is 8.45. The van der Waals surface area contributed by atoms with Crippen LogP contribution in [0.3, 0.4) is 0 Å². The molecule has 0 spiro atoms. The van der Waals surface area contributed by atoms with Gasteiger partial charge in [0, 0.05) is 19.8 Å². The minimum Gasteiger partial charge on any atom is -0.508 e. The molecule has 3 rings (SSSR count). The van der Waals surface area contributed by atoms with Crippen molar-refractivity contribution in [2.75, 3.05) is 17.7 Å². The van der Waals surface area contributed by atoms with Crippen LogP contribution in [-0.4, -0.2) is 37.8 Å². The van der Waals surface area contributed by atoms with Crippen LogP contribution in [0.1, 0.15) is 5.56 Å². The zero-order valence-electron chi connectivity index (χ0n) is 14.5. The van der Waals surface area contributed by atoms with Crippen LogP contribution >= 0.6 is 11.6 Å². The molecule has 0 atom stereocenters. The molecule has 10 heteroatoms. The van der Waals surface area contributed by atoms with Crippen molar-refractivity contribution in [3.63, 3.8) is 0 Å². The summed E-state index contributed by atoms with van der Waals surface area (Å²) in [7, 11) is 1.57. The molecule has 0 unspecified atom stereocenters. The smallest absolute Gasteiger partial charge is 0.241 e. The van der Waals surface area contributed by atoms with Gasteiger partial charge in [0.05, 0.1) is 18.1 Å². The SMILES string of the molecule is CNC(=O)Cn1cc(Nc2ncc(Cl)c(NCc3cccc(O)c3)n2)cn1. The number of aromatic nitrogens is 4. The van der Waals surface area contributed by atoms with Crippen LogP contribution in [0.4, 0.5) is 17.5 Å². The summed E-state index contributed by atoms with van der Waals surface area (Å²) >= 11 is 6.15. The average molecular weight is 388 g/mol. The topological polar surface area (TPSA) is 117 Å². The summed E-state index contributed by atoms with van der Waals surface area (Å²) in [4.78, 5) is 19.9. The number of amides is 1. The first-order chi connectivity index (χ1) is 13.0. The van der Waals surface area contributed by atoms with E-state index >= 15 is 0 Å². The Morgan fingerprint density at radius 2 is 2.19 bits per heavy atom. The standard InChI is InChI=1S/C17H18ClN7O2/c1-19-15(27)10-25-9-12(7-22-25)23-17-21-8-14(18)16(24-17)20-6-11-3-2-4-13(26)5-11/h2-5,7-9,26H,6,10H2,1H3,(H,19,27)(H2,20,21,23,24). The fraction of sp³-hybridized carbons (Fsp3) is 0.176. The Balaban J connectivity index is 1.67. The molecule has 9 nitrogen and oxygen atoms in total. The highest BCUT2D eigenvalue weighted by Crippen LogP contribution is 2.22. The number of aromatic hydroxyl groups is 1. The van der Waals surface area contributed by atoms with E-state index in [1.165, 1.54) is 10.9 Å². The fourth-order valence-electron chi connectivity index (χ4n) is 2.27. The molecule has 2 heterocycles. The maximum atomic E-state index is 11.4. The van der Waals surface area contributed by atoms with Crippen molar-refractivity contribution in [2.45, 2.75) is 13.1 Å². The molecule has 140 valence electrons. The van der Waals surface area contributed by atoms with E-state index in [-0.39, 0.29) is 18.2 Å². The maximum Gasteiger partial charge on any atom is 0.241 e. The summed E-state index contributed by atoms with van der Waals surface area (Å²) in [5.74, 6) is 0.831. The number of rotatable bonds is 7. The van der Waals surface area contributed by atoms with E-state index in [0.717, 1.165) is 5.56 Å². The lowest BCUT2D eigenvalue weighted by Crippen LogP contribution is -2.23. The van der Waals surface area contributed by atoms with Crippen molar-refractivity contribution in [3.8, 4) is 5.75 Å². The fourth-order valence-corrected chi connectivity index (χ4v) is 2.43. The van der Waals surface area contributed by atoms with Crippen LogP contribution in [-0.2, 0) is 17.9 Å². The average Bonchev–Trinajstić information content (AvgIpc) is 3.09. The van der Waals surface area contributed by atoms with E-state index in [1.807, 2.05) is 6.07 Å². The Bertz CT molecular complexity index is 945. The highest BCUT2D eigenvalue weighted by molar-refractivity contribution is 6.32. The number of phenolic OH excluding ortho intramolecular Hbond substituents is 1. The van der Waals surface area contributed by atoms with Crippen LogP contribution < -0.4 is 16.0 Å². The monoisotopic (exact) mass is 387 g/mol. The normalized spacial score (nSPS) is 10.4. The number of benzene rings is 1. The Morgan fingerprint density at radius 1 is 1.33 bits per heavy atom. The molecule has 3 aromatic rings. The number of hydrogen-bond acceptors (Lipinski definition) is 7. The predicted octanol–water partition coefficient (Wildman–Crippen LogP) is 2.13. The number of carbonyl (C=O) groups is 1. The molecule has 0 aliphatic carbocycles. The van der Waals surface area contributed by atoms with Gasteiger partial charge in [-0.05, 0) is 17.7 Å². The molecule has 0 saturated carbocycles. The maximum absolute atomic E-state index is 11.4. The molecular weight excluding hydrogens is 370 g/mol. The van der Waals surface area contributed by atoms with E-state index in [4.69, 9.17) is 11.6 Å². The molecule has 0 radical (unpaired) electrons. The molecular formula is C17H18ClN7O2. The second kappa shape index (κ2) is 8.37. The van der Waals surface area contributed by atoms with Gasteiger partial charge < -0.3 is 21.1 Å². The first kappa shape index (κ1) is 18.5. The second-order valence-electron chi connectivity index (χ2n) is 5.64. The quantitative estimate of drug-likeness (QED) is 0.490. The van der Waals surface area contributed by atoms with Crippen LogP contribution in [0.15, 0.2) is 42.9 Å². The number of hydrogen-bond donors (Lipinski definition) is 4. The van der Waals surface area contributed by atoms with Gasteiger partial charge in [0.15, 0.2) is 5.82 Å². The van der Waals surface area contributed by atoms with E-state index in [9.17, 15) is 9.90 Å². The molecule has 0 aliphatic rings. The van der Waals surface area contributed by atoms with Crippen molar-refractivity contribution in [1.29, 1.82) is 0 Å². The van der Waals surface area contributed by atoms with Gasteiger partial charge in [-0.2, -0.15) is 10.1 Å². The number of phenols is 1. The van der Waals surface area contributed by atoms with Crippen molar-refractivity contribution in [3.05, 3.63) is 53.4 Å². The van der Waals surface area contributed by atoms with Crippen LogP contribution in [0.5, 0.6) is 5.75 Å². The zero-order valence-corrected chi connectivity index (χ0v) is 15.2. The van der Waals surface area contributed by atoms with E-state index in [2.05, 4.69) is 31.0 Å². The number of anilines is 3. The van der Waals surface area contributed by atoms with Gasteiger partial charge in [-0.25, -0.2) is 4.98 Å². The third kappa shape index (κ3) is 5.08. The molecule has 0 saturated heterocycles. The Kier molecular flexibility index (Phi) is 5.72. The minimum atomic E-state index is -0.147. The van der Waals surface area contributed by atoms with Crippen molar-refractivity contribution < 1.29 is 9.90 Å². The summed E-state index contributed by atoms with van der Waals surface area (Å²) in [5.41, 5.74) is 1.52. The van der Waals surface area contributed by atoms with Gasteiger partial charge in [-0.3, -0.25) is 9.48 Å². The summed E-state index contributed by atoms with van der Waals surface area (Å²) in [6.45, 7) is 0.561. The first-order valence-electron chi connectivity index (χ1n) is 8.08. The molecule has 0 aliphatic heterocycles. The summed E-state index contributed by atoms with van der Waals surface area (Å²) in [6.07, 6.45) is 4.73. The third-order valence-corrected chi connectivity index (χ3v) is 3.87. The summed E-state index contributed by atoms with van der Waals surface area (Å²) in [5, 5.41) is 22.7. The Morgan fingerprint density at radius 3 is 2.96 bits per heavy atom. The van der Waals surface area contributed by atoms with Gasteiger partial charge in [0.2, 0.25) is 11.9 Å². The van der Waals surface area contributed by atoms with Crippen LogP contribution in [0.25, 0.3) is 0 Å².